The summed E-state index contributed by atoms with van der Waals surface area (Å²) in [5.74, 6) is -0.364. The van der Waals surface area contributed by atoms with Gasteiger partial charge in [0.1, 0.15) is 5.82 Å². The van der Waals surface area contributed by atoms with Crippen molar-refractivity contribution in [2.45, 2.75) is 25.6 Å². The summed E-state index contributed by atoms with van der Waals surface area (Å²) in [7, 11) is 0. The Morgan fingerprint density at radius 3 is 2.32 bits per heavy atom. The predicted molar refractivity (Wildman–Crippen MR) is 86.4 cm³/mol. The molecular formula is C18H24F4N2O. The van der Waals surface area contributed by atoms with Crippen LogP contribution in [0.1, 0.15) is 24.0 Å². The molecule has 0 bridgehead atoms. The molecule has 25 heavy (non-hydrogen) atoms. The predicted octanol–water partition coefficient (Wildman–Crippen LogP) is 2.98. The Balaban J connectivity index is 1.63. The molecule has 0 aromatic heterocycles. The molecule has 2 aliphatic rings. The van der Waals surface area contributed by atoms with Crippen LogP contribution in [0.4, 0.5) is 17.6 Å². The van der Waals surface area contributed by atoms with Crippen LogP contribution in [0.25, 0.3) is 0 Å². The Morgan fingerprint density at radius 1 is 1.04 bits per heavy atom. The van der Waals surface area contributed by atoms with E-state index < -0.39 is 17.6 Å². The third-order valence-corrected chi connectivity index (χ3v) is 5.35. The monoisotopic (exact) mass is 360 g/mol. The first-order valence-corrected chi connectivity index (χ1v) is 8.78. The van der Waals surface area contributed by atoms with Crippen molar-refractivity contribution >= 4 is 0 Å². The zero-order chi connectivity index (χ0) is 18.0. The lowest BCUT2D eigenvalue weighted by atomic mass is 9.96. The van der Waals surface area contributed by atoms with E-state index in [-0.39, 0.29) is 24.6 Å². The van der Waals surface area contributed by atoms with Crippen LogP contribution in [0.3, 0.4) is 0 Å². The molecular weight excluding hydrogens is 336 g/mol. The molecule has 0 aliphatic carbocycles. The SMILES string of the molecule is OC[C@@H]1CN(Cc2ccc(C(F)(F)F)cc2F)C[C@@H]1CN1CCCC1. The Hall–Kier alpha value is -1.18. The zero-order valence-electron chi connectivity index (χ0n) is 14.1. The van der Waals surface area contributed by atoms with Crippen LogP contribution < -0.4 is 0 Å². The van der Waals surface area contributed by atoms with Gasteiger partial charge in [-0.05, 0) is 49.9 Å². The molecule has 2 heterocycles. The molecule has 2 fully saturated rings. The fraction of sp³-hybridized carbons (Fsp3) is 0.667. The van der Waals surface area contributed by atoms with Crippen LogP contribution in [-0.4, -0.2) is 54.2 Å². The Labute approximate surface area is 145 Å². The van der Waals surface area contributed by atoms with Crippen molar-refractivity contribution in [3.8, 4) is 0 Å². The summed E-state index contributed by atoms with van der Waals surface area (Å²) in [6.07, 6.45) is -2.12. The number of hydrogen-bond acceptors (Lipinski definition) is 3. The van der Waals surface area contributed by atoms with E-state index in [0.29, 0.717) is 18.5 Å². The Morgan fingerprint density at radius 2 is 1.72 bits per heavy atom. The summed E-state index contributed by atoms with van der Waals surface area (Å²) in [6, 6.07) is 2.72. The average Bonchev–Trinajstić information content (AvgIpc) is 3.18. The fourth-order valence-electron chi connectivity index (χ4n) is 3.97. The number of nitrogens with zero attached hydrogens (tertiary/aromatic N) is 2. The molecule has 0 spiro atoms. The van der Waals surface area contributed by atoms with E-state index in [0.717, 1.165) is 32.2 Å². The molecule has 0 radical (unpaired) electrons. The van der Waals surface area contributed by atoms with Crippen LogP contribution in [0.2, 0.25) is 0 Å². The maximum atomic E-state index is 14.1. The van der Waals surface area contributed by atoms with Gasteiger partial charge >= 0.3 is 6.18 Å². The normalized spacial score (nSPS) is 25.8. The van der Waals surface area contributed by atoms with Gasteiger partial charge in [0.25, 0.3) is 0 Å². The molecule has 0 saturated carbocycles. The first-order chi connectivity index (χ1) is 11.9. The quantitative estimate of drug-likeness (QED) is 0.818. The van der Waals surface area contributed by atoms with E-state index in [1.165, 1.54) is 18.9 Å². The second-order valence-corrected chi connectivity index (χ2v) is 7.21. The molecule has 140 valence electrons. The van der Waals surface area contributed by atoms with Gasteiger partial charge in [-0.3, -0.25) is 4.90 Å². The second-order valence-electron chi connectivity index (χ2n) is 7.21. The van der Waals surface area contributed by atoms with Crippen LogP contribution >= 0.6 is 0 Å². The number of rotatable bonds is 5. The Bertz CT molecular complexity index is 587. The summed E-state index contributed by atoms with van der Waals surface area (Å²) in [4.78, 5) is 4.43. The lowest BCUT2D eigenvalue weighted by Crippen LogP contribution is -2.31. The van der Waals surface area contributed by atoms with Gasteiger partial charge in [-0.1, -0.05) is 6.07 Å². The van der Waals surface area contributed by atoms with Gasteiger partial charge in [-0.2, -0.15) is 13.2 Å². The molecule has 1 aromatic rings. The van der Waals surface area contributed by atoms with Crippen LogP contribution in [0.15, 0.2) is 18.2 Å². The van der Waals surface area contributed by atoms with Gasteiger partial charge in [-0.25, -0.2) is 4.39 Å². The van der Waals surface area contributed by atoms with Crippen molar-refractivity contribution in [2.75, 3.05) is 39.3 Å². The number of alkyl halides is 3. The number of likely N-dealkylation sites (tertiary alicyclic amines) is 2. The molecule has 0 unspecified atom stereocenters. The number of halogens is 4. The smallest absolute Gasteiger partial charge is 0.396 e. The molecule has 2 saturated heterocycles. The number of aliphatic hydroxyl groups is 1. The average molecular weight is 360 g/mol. The molecule has 2 atom stereocenters. The lowest BCUT2D eigenvalue weighted by molar-refractivity contribution is -0.137. The lowest BCUT2D eigenvalue weighted by Gasteiger charge is -2.23. The highest BCUT2D eigenvalue weighted by atomic mass is 19.4. The summed E-state index contributed by atoms with van der Waals surface area (Å²) in [5.41, 5.74) is -0.693. The maximum absolute atomic E-state index is 14.1. The molecule has 1 aromatic carbocycles. The van der Waals surface area contributed by atoms with E-state index in [2.05, 4.69) is 4.90 Å². The summed E-state index contributed by atoms with van der Waals surface area (Å²) in [6.45, 7) is 4.85. The van der Waals surface area contributed by atoms with E-state index in [9.17, 15) is 22.7 Å². The zero-order valence-corrected chi connectivity index (χ0v) is 14.1. The minimum atomic E-state index is -4.53. The van der Waals surface area contributed by atoms with Crippen LogP contribution in [-0.2, 0) is 12.7 Å². The molecule has 7 heteroatoms. The van der Waals surface area contributed by atoms with Gasteiger partial charge in [0.15, 0.2) is 0 Å². The fourth-order valence-corrected chi connectivity index (χ4v) is 3.97. The summed E-state index contributed by atoms with van der Waals surface area (Å²) in [5, 5.41) is 9.63. The molecule has 0 amide bonds. The van der Waals surface area contributed by atoms with E-state index >= 15 is 0 Å². The highest BCUT2D eigenvalue weighted by Gasteiger charge is 2.35. The first-order valence-electron chi connectivity index (χ1n) is 8.78. The minimum Gasteiger partial charge on any atom is -0.396 e. The van der Waals surface area contributed by atoms with Gasteiger partial charge in [0.2, 0.25) is 0 Å². The second kappa shape index (κ2) is 7.60. The third kappa shape index (κ3) is 4.51. The van der Waals surface area contributed by atoms with Crippen molar-refractivity contribution in [3.63, 3.8) is 0 Å². The molecule has 2 aliphatic heterocycles. The minimum absolute atomic E-state index is 0.0878. The molecule has 1 N–H and O–H groups in total. The number of hydrogen-bond donors (Lipinski definition) is 1. The highest BCUT2D eigenvalue weighted by Crippen LogP contribution is 2.31. The van der Waals surface area contributed by atoms with Crippen LogP contribution in [0, 0.1) is 17.7 Å². The van der Waals surface area contributed by atoms with E-state index in [1.54, 1.807) is 0 Å². The summed E-state index contributed by atoms with van der Waals surface area (Å²) >= 11 is 0. The molecule has 3 nitrogen and oxygen atoms in total. The standard InChI is InChI=1S/C18H24F4N2O/c19-17-7-16(18(20,21)22)4-3-13(17)8-24-10-14(15(11-24)12-25)9-23-5-1-2-6-23/h3-4,7,14-15,25H,1-2,5-6,8-12H2/t14-,15-/m0/s1. The first kappa shape index (κ1) is 18.6. The van der Waals surface area contributed by atoms with Gasteiger partial charge in [-0.15, -0.1) is 0 Å². The number of benzene rings is 1. The number of aliphatic hydroxyl groups excluding tert-OH is 1. The van der Waals surface area contributed by atoms with Gasteiger partial charge < -0.3 is 10.0 Å². The highest BCUT2D eigenvalue weighted by molar-refractivity contribution is 5.26. The van der Waals surface area contributed by atoms with Crippen molar-refractivity contribution in [1.82, 2.24) is 9.80 Å². The van der Waals surface area contributed by atoms with Crippen molar-refractivity contribution in [3.05, 3.63) is 35.1 Å². The maximum Gasteiger partial charge on any atom is 0.416 e. The summed E-state index contributed by atoms with van der Waals surface area (Å²) < 4.78 is 52.0. The van der Waals surface area contributed by atoms with Gasteiger partial charge in [0, 0.05) is 38.3 Å². The van der Waals surface area contributed by atoms with E-state index in [4.69, 9.17) is 0 Å². The van der Waals surface area contributed by atoms with Crippen molar-refractivity contribution in [2.24, 2.45) is 11.8 Å². The topological polar surface area (TPSA) is 26.7 Å². The van der Waals surface area contributed by atoms with E-state index in [1.807, 2.05) is 4.90 Å². The largest absolute Gasteiger partial charge is 0.416 e. The van der Waals surface area contributed by atoms with Crippen molar-refractivity contribution < 1.29 is 22.7 Å². The van der Waals surface area contributed by atoms with Crippen molar-refractivity contribution in [1.29, 1.82) is 0 Å². The third-order valence-electron chi connectivity index (χ3n) is 5.35. The van der Waals surface area contributed by atoms with Crippen LogP contribution in [0.5, 0.6) is 0 Å². The molecule has 3 rings (SSSR count). The Kier molecular flexibility index (Phi) is 5.65. The van der Waals surface area contributed by atoms with Gasteiger partial charge in [0.05, 0.1) is 5.56 Å².